The zero-order chi connectivity index (χ0) is 12.3. The van der Waals surface area contributed by atoms with Gasteiger partial charge >= 0.3 is 0 Å². The third-order valence-electron chi connectivity index (χ3n) is 3.93. The fourth-order valence-electron chi connectivity index (χ4n) is 2.76. The Morgan fingerprint density at radius 1 is 1.35 bits per heavy atom. The molecule has 0 atom stereocenters. The molecule has 1 aromatic heterocycles. The van der Waals surface area contributed by atoms with Crippen molar-refractivity contribution in [1.29, 1.82) is 0 Å². The number of nitrogens with zero attached hydrogens (tertiary/aromatic N) is 1. The second kappa shape index (κ2) is 5.50. The first-order chi connectivity index (χ1) is 8.22. The second-order valence-corrected chi connectivity index (χ2v) is 5.10. The van der Waals surface area contributed by atoms with Crippen LogP contribution in [0.25, 0.3) is 0 Å². The summed E-state index contributed by atoms with van der Waals surface area (Å²) in [5.41, 5.74) is 7.45. The molecule has 0 aliphatic heterocycles. The minimum absolute atomic E-state index is 0.102. The average Bonchev–Trinajstić information content (AvgIpc) is 2.82. The van der Waals surface area contributed by atoms with Crippen molar-refractivity contribution in [2.45, 2.75) is 52.1 Å². The van der Waals surface area contributed by atoms with Crippen molar-refractivity contribution >= 4 is 0 Å². The Kier molecular flexibility index (Phi) is 4.00. The predicted molar refractivity (Wildman–Crippen MR) is 69.9 cm³/mol. The van der Waals surface area contributed by atoms with Crippen molar-refractivity contribution in [1.82, 2.24) is 4.57 Å². The lowest BCUT2D eigenvalue weighted by Crippen LogP contribution is -2.27. The van der Waals surface area contributed by atoms with Crippen LogP contribution in [0.3, 0.4) is 0 Å². The Hall–Kier alpha value is -1.09. The van der Waals surface area contributed by atoms with Crippen LogP contribution in [0.2, 0.25) is 0 Å². The molecule has 1 aliphatic carbocycles. The summed E-state index contributed by atoms with van der Waals surface area (Å²) in [5, 5.41) is 0. The summed E-state index contributed by atoms with van der Waals surface area (Å²) in [4.78, 5) is 12.1. The van der Waals surface area contributed by atoms with E-state index in [9.17, 15) is 4.79 Å². The smallest absolute Gasteiger partial charge is 0.255 e. The summed E-state index contributed by atoms with van der Waals surface area (Å²) in [6, 6.07) is 3.85. The van der Waals surface area contributed by atoms with Gasteiger partial charge in [-0.15, -0.1) is 0 Å². The Morgan fingerprint density at radius 2 is 2.06 bits per heavy atom. The van der Waals surface area contributed by atoms with Gasteiger partial charge in [-0.1, -0.05) is 31.7 Å². The van der Waals surface area contributed by atoms with E-state index in [2.05, 4.69) is 0 Å². The van der Waals surface area contributed by atoms with Crippen LogP contribution in [0.4, 0.5) is 0 Å². The molecule has 0 radical (unpaired) electrons. The number of nitrogens with two attached hydrogens (primary N) is 1. The van der Waals surface area contributed by atoms with E-state index in [4.69, 9.17) is 5.73 Å². The molecule has 0 unspecified atom stereocenters. The summed E-state index contributed by atoms with van der Waals surface area (Å²) in [7, 11) is 0. The highest BCUT2D eigenvalue weighted by Crippen LogP contribution is 2.27. The van der Waals surface area contributed by atoms with E-state index < -0.39 is 0 Å². The molecule has 1 aliphatic rings. The van der Waals surface area contributed by atoms with E-state index in [1.54, 1.807) is 0 Å². The molecule has 0 spiro atoms. The number of rotatable bonds is 4. The van der Waals surface area contributed by atoms with E-state index in [-0.39, 0.29) is 5.56 Å². The Bertz CT molecular complexity index is 430. The minimum Gasteiger partial charge on any atom is -0.326 e. The highest BCUT2D eigenvalue weighted by molar-refractivity contribution is 5.15. The van der Waals surface area contributed by atoms with Crippen molar-refractivity contribution in [2.24, 2.45) is 11.7 Å². The van der Waals surface area contributed by atoms with Crippen LogP contribution >= 0.6 is 0 Å². The molecular weight excluding hydrogens is 212 g/mol. The molecule has 0 amide bonds. The zero-order valence-electron chi connectivity index (χ0n) is 10.6. The monoisotopic (exact) mass is 234 g/mol. The van der Waals surface area contributed by atoms with Gasteiger partial charge in [-0.25, -0.2) is 0 Å². The SMILES string of the molecule is Cc1ccc(CN)c(=O)n1CCC1CCCC1. The van der Waals surface area contributed by atoms with Crippen molar-refractivity contribution in [3.05, 3.63) is 33.7 Å². The van der Waals surface area contributed by atoms with Gasteiger partial charge < -0.3 is 10.3 Å². The lowest BCUT2D eigenvalue weighted by atomic mass is 10.0. The number of aryl methyl sites for hydroxylation is 1. The molecule has 0 saturated heterocycles. The molecule has 1 aromatic rings. The van der Waals surface area contributed by atoms with Crippen LogP contribution < -0.4 is 11.3 Å². The Balaban J connectivity index is 2.11. The van der Waals surface area contributed by atoms with Crippen LogP contribution in [0, 0.1) is 12.8 Å². The molecule has 0 aromatic carbocycles. The van der Waals surface area contributed by atoms with Gasteiger partial charge in [0, 0.05) is 24.3 Å². The van der Waals surface area contributed by atoms with Crippen molar-refractivity contribution in [3.63, 3.8) is 0 Å². The zero-order valence-corrected chi connectivity index (χ0v) is 10.6. The van der Waals surface area contributed by atoms with Gasteiger partial charge in [0.25, 0.3) is 5.56 Å². The molecular formula is C14H22N2O. The van der Waals surface area contributed by atoms with Gasteiger partial charge in [0.05, 0.1) is 0 Å². The van der Waals surface area contributed by atoms with Gasteiger partial charge in [0.15, 0.2) is 0 Å². The first-order valence-corrected chi connectivity index (χ1v) is 6.61. The summed E-state index contributed by atoms with van der Waals surface area (Å²) >= 11 is 0. The van der Waals surface area contributed by atoms with Gasteiger partial charge in [-0.05, 0) is 25.3 Å². The fourth-order valence-corrected chi connectivity index (χ4v) is 2.76. The largest absolute Gasteiger partial charge is 0.326 e. The maximum absolute atomic E-state index is 12.1. The van der Waals surface area contributed by atoms with E-state index in [0.29, 0.717) is 6.54 Å². The van der Waals surface area contributed by atoms with Gasteiger partial charge in [0.1, 0.15) is 0 Å². The van der Waals surface area contributed by atoms with Crippen molar-refractivity contribution in [3.8, 4) is 0 Å². The number of hydrogen-bond donors (Lipinski definition) is 1. The molecule has 1 fully saturated rings. The molecule has 3 nitrogen and oxygen atoms in total. The van der Waals surface area contributed by atoms with Crippen LogP contribution in [-0.2, 0) is 13.1 Å². The topological polar surface area (TPSA) is 48.0 Å². The third-order valence-corrected chi connectivity index (χ3v) is 3.93. The number of pyridine rings is 1. The highest BCUT2D eigenvalue weighted by Gasteiger charge is 2.15. The number of hydrogen-bond acceptors (Lipinski definition) is 2. The molecule has 2 rings (SSSR count). The lowest BCUT2D eigenvalue weighted by molar-refractivity contribution is 0.448. The standard InChI is InChI=1S/C14H22N2O/c1-11-6-7-13(10-15)14(17)16(11)9-8-12-4-2-3-5-12/h6-7,12H,2-5,8-10,15H2,1H3. The van der Waals surface area contributed by atoms with E-state index in [1.807, 2.05) is 23.6 Å². The molecule has 2 N–H and O–H groups in total. The normalized spacial score (nSPS) is 16.6. The lowest BCUT2D eigenvalue weighted by Gasteiger charge is -2.14. The first kappa shape index (κ1) is 12.4. The molecule has 94 valence electrons. The van der Waals surface area contributed by atoms with Gasteiger partial charge in [-0.2, -0.15) is 0 Å². The molecule has 3 heteroatoms. The van der Waals surface area contributed by atoms with Crippen LogP contribution in [0.1, 0.15) is 43.4 Å². The molecule has 0 bridgehead atoms. The molecule has 17 heavy (non-hydrogen) atoms. The Labute approximate surface area is 103 Å². The molecule has 1 heterocycles. The van der Waals surface area contributed by atoms with E-state index in [0.717, 1.165) is 30.1 Å². The van der Waals surface area contributed by atoms with Crippen LogP contribution in [0.15, 0.2) is 16.9 Å². The highest BCUT2D eigenvalue weighted by atomic mass is 16.1. The van der Waals surface area contributed by atoms with Crippen LogP contribution in [0.5, 0.6) is 0 Å². The number of aromatic nitrogens is 1. The van der Waals surface area contributed by atoms with E-state index >= 15 is 0 Å². The average molecular weight is 234 g/mol. The maximum atomic E-state index is 12.1. The Morgan fingerprint density at radius 3 is 2.71 bits per heavy atom. The van der Waals surface area contributed by atoms with Crippen molar-refractivity contribution in [2.75, 3.05) is 0 Å². The predicted octanol–water partition coefficient (Wildman–Crippen LogP) is 2.20. The van der Waals surface area contributed by atoms with Crippen molar-refractivity contribution < 1.29 is 0 Å². The summed E-state index contributed by atoms with van der Waals surface area (Å²) in [6.45, 7) is 3.18. The van der Waals surface area contributed by atoms with Gasteiger partial charge in [-0.3, -0.25) is 4.79 Å². The summed E-state index contributed by atoms with van der Waals surface area (Å²) < 4.78 is 1.89. The first-order valence-electron chi connectivity index (χ1n) is 6.61. The quantitative estimate of drug-likeness (QED) is 0.868. The second-order valence-electron chi connectivity index (χ2n) is 5.10. The summed E-state index contributed by atoms with van der Waals surface area (Å²) in [5.74, 6) is 0.822. The summed E-state index contributed by atoms with van der Waals surface area (Å²) in [6.07, 6.45) is 6.53. The fraction of sp³-hybridized carbons (Fsp3) is 0.643. The maximum Gasteiger partial charge on any atom is 0.255 e. The third kappa shape index (κ3) is 2.78. The molecule has 1 saturated carbocycles. The van der Waals surface area contributed by atoms with Crippen LogP contribution in [-0.4, -0.2) is 4.57 Å². The van der Waals surface area contributed by atoms with Gasteiger partial charge in [0.2, 0.25) is 0 Å². The van der Waals surface area contributed by atoms with E-state index in [1.165, 1.54) is 25.7 Å². The minimum atomic E-state index is 0.102.